The Balaban J connectivity index is 1.78. The molecule has 1 heterocycles. The second kappa shape index (κ2) is 8.50. The normalized spacial score (nSPS) is 11.8. The molecule has 1 atom stereocenters. The van der Waals surface area contributed by atoms with Gasteiger partial charge >= 0.3 is 0 Å². The van der Waals surface area contributed by atoms with Gasteiger partial charge in [0.25, 0.3) is 0 Å². The first-order valence-corrected chi connectivity index (χ1v) is 8.67. The molecule has 0 amide bonds. The lowest BCUT2D eigenvalue weighted by Crippen LogP contribution is -2.18. The monoisotopic (exact) mass is 348 g/mol. The number of methoxy groups -OCH3 is 2. The van der Waals surface area contributed by atoms with Crippen LogP contribution < -0.4 is 14.8 Å². The lowest BCUT2D eigenvalue weighted by atomic mass is 10.0. The summed E-state index contributed by atoms with van der Waals surface area (Å²) in [6, 6.07) is 20.8. The van der Waals surface area contributed by atoms with E-state index in [1.54, 1.807) is 20.4 Å². The van der Waals surface area contributed by atoms with Gasteiger partial charge in [0.2, 0.25) is 5.88 Å². The van der Waals surface area contributed by atoms with Crippen LogP contribution in [0, 0.1) is 0 Å². The van der Waals surface area contributed by atoms with Crippen LogP contribution in [0.5, 0.6) is 11.6 Å². The van der Waals surface area contributed by atoms with Crippen molar-refractivity contribution in [1.82, 2.24) is 10.3 Å². The van der Waals surface area contributed by atoms with Crippen molar-refractivity contribution >= 4 is 0 Å². The van der Waals surface area contributed by atoms with Crippen LogP contribution in [0.25, 0.3) is 11.1 Å². The molecule has 0 radical (unpaired) electrons. The molecule has 0 spiro atoms. The first-order chi connectivity index (χ1) is 12.7. The number of rotatable bonds is 7. The lowest BCUT2D eigenvalue weighted by Gasteiger charge is -2.16. The molecule has 1 N–H and O–H groups in total. The van der Waals surface area contributed by atoms with E-state index >= 15 is 0 Å². The summed E-state index contributed by atoms with van der Waals surface area (Å²) >= 11 is 0. The van der Waals surface area contributed by atoms with Crippen LogP contribution in [0.4, 0.5) is 0 Å². The number of hydrogen-bond acceptors (Lipinski definition) is 4. The summed E-state index contributed by atoms with van der Waals surface area (Å²) < 4.78 is 10.7. The number of hydrogen-bond donors (Lipinski definition) is 1. The fourth-order valence-electron chi connectivity index (χ4n) is 2.88. The van der Waals surface area contributed by atoms with Gasteiger partial charge in [-0.15, -0.1) is 0 Å². The molecule has 0 aliphatic rings. The highest BCUT2D eigenvalue weighted by Crippen LogP contribution is 2.31. The molecule has 3 aromatic rings. The van der Waals surface area contributed by atoms with E-state index in [-0.39, 0.29) is 6.04 Å². The molecular formula is C22H24N2O2. The van der Waals surface area contributed by atoms with Crippen molar-refractivity contribution in [3.63, 3.8) is 0 Å². The zero-order valence-electron chi connectivity index (χ0n) is 15.4. The first kappa shape index (κ1) is 18.0. The van der Waals surface area contributed by atoms with Crippen molar-refractivity contribution in [3.8, 4) is 22.8 Å². The summed E-state index contributed by atoms with van der Waals surface area (Å²) in [5.41, 5.74) is 4.50. The van der Waals surface area contributed by atoms with Crippen molar-refractivity contribution in [3.05, 3.63) is 78.0 Å². The molecule has 0 saturated heterocycles. The van der Waals surface area contributed by atoms with E-state index in [0.717, 1.165) is 23.4 Å². The highest BCUT2D eigenvalue weighted by molar-refractivity contribution is 5.70. The molecular weight excluding hydrogens is 324 g/mol. The van der Waals surface area contributed by atoms with Crippen LogP contribution >= 0.6 is 0 Å². The molecule has 2 aromatic carbocycles. The van der Waals surface area contributed by atoms with Crippen LogP contribution in [-0.2, 0) is 6.54 Å². The number of aromatic nitrogens is 1. The average Bonchev–Trinajstić information content (AvgIpc) is 2.72. The topological polar surface area (TPSA) is 43.4 Å². The molecule has 134 valence electrons. The molecule has 0 saturated carbocycles. The maximum Gasteiger partial charge on any atom is 0.212 e. The van der Waals surface area contributed by atoms with Gasteiger partial charge in [-0.25, -0.2) is 4.98 Å². The van der Waals surface area contributed by atoms with Gasteiger partial charge in [0.05, 0.1) is 14.2 Å². The van der Waals surface area contributed by atoms with Crippen LogP contribution in [0.3, 0.4) is 0 Å². The largest absolute Gasteiger partial charge is 0.496 e. The van der Waals surface area contributed by atoms with Crippen molar-refractivity contribution in [2.75, 3.05) is 14.2 Å². The van der Waals surface area contributed by atoms with Gasteiger partial charge in [0.1, 0.15) is 5.75 Å². The number of nitrogens with one attached hydrogen (secondary N) is 1. The van der Waals surface area contributed by atoms with E-state index in [2.05, 4.69) is 53.6 Å². The van der Waals surface area contributed by atoms with Crippen LogP contribution in [0.1, 0.15) is 24.1 Å². The SMILES string of the molecule is COc1ccc(-c2cc(CNC(C)c3ccccc3)ccc2OC)cn1. The van der Waals surface area contributed by atoms with E-state index in [4.69, 9.17) is 9.47 Å². The smallest absolute Gasteiger partial charge is 0.212 e. The first-order valence-electron chi connectivity index (χ1n) is 8.67. The maximum absolute atomic E-state index is 5.53. The molecule has 1 unspecified atom stereocenters. The molecule has 0 aliphatic heterocycles. The number of benzene rings is 2. The molecule has 26 heavy (non-hydrogen) atoms. The minimum atomic E-state index is 0.282. The predicted molar refractivity (Wildman–Crippen MR) is 104 cm³/mol. The Morgan fingerprint density at radius 2 is 1.77 bits per heavy atom. The van der Waals surface area contributed by atoms with E-state index in [0.29, 0.717) is 5.88 Å². The molecule has 4 nitrogen and oxygen atoms in total. The lowest BCUT2D eigenvalue weighted by molar-refractivity contribution is 0.398. The van der Waals surface area contributed by atoms with E-state index < -0.39 is 0 Å². The van der Waals surface area contributed by atoms with E-state index in [9.17, 15) is 0 Å². The van der Waals surface area contributed by atoms with E-state index in [1.807, 2.05) is 24.3 Å². The Morgan fingerprint density at radius 1 is 0.962 bits per heavy atom. The van der Waals surface area contributed by atoms with Crippen molar-refractivity contribution in [2.45, 2.75) is 19.5 Å². The molecule has 1 aromatic heterocycles. The summed E-state index contributed by atoms with van der Waals surface area (Å²) in [5.74, 6) is 1.43. The third kappa shape index (κ3) is 4.21. The zero-order chi connectivity index (χ0) is 18.4. The van der Waals surface area contributed by atoms with Crippen LogP contribution in [0.15, 0.2) is 66.9 Å². The Kier molecular flexibility index (Phi) is 5.87. The van der Waals surface area contributed by atoms with Gasteiger partial charge in [-0.05, 0) is 36.2 Å². The summed E-state index contributed by atoms with van der Waals surface area (Å²) in [6.07, 6.45) is 1.81. The quantitative estimate of drug-likeness (QED) is 0.677. The fourth-order valence-corrected chi connectivity index (χ4v) is 2.88. The number of nitrogens with zero attached hydrogens (tertiary/aromatic N) is 1. The third-order valence-electron chi connectivity index (χ3n) is 4.43. The van der Waals surface area contributed by atoms with Crippen LogP contribution in [0.2, 0.25) is 0 Å². The summed E-state index contributed by atoms with van der Waals surface area (Å²) in [5, 5.41) is 3.57. The van der Waals surface area contributed by atoms with Gasteiger partial charge in [0, 0.05) is 36.0 Å². The van der Waals surface area contributed by atoms with Gasteiger partial charge in [-0.3, -0.25) is 0 Å². The van der Waals surface area contributed by atoms with Gasteiger partial charge in [-0.1, -0.05) is 36.4 Å². The van der Waals surface area contributed by atoms with Gasteiger partial charge in [-0.2, -0.15) is 0 Å². The van der Waals surface area contributed by atoms with E-state index in [1.165, 1.54) is 11.1 Å². The second-order valence-corrected chi connectivity index (χ2v) is 6.14. The average molecular weight is 348 g/mol. The van der Waals surface area contributed by atoms with Crippen molar-refractivity contribution in [2.24, 2.45) is 0 Å². The zero-order valence-corrected chi connectivity index (χ0v) is 15.4. The highest BCUT2D eigenvalue weighted by Gasteiger charge is 2.10. The van der Waals surface area contributed by atoms with Gasteiger partial charge in [0.15, 0.2) is 0 Å². The fraction of sp³-hybridized carbons (Fsp3) is 0.227. The Bertz CT molecular complexity index is 833. The molecule has 0 aliphatic carbocycles. The van der Waals surface area contributed by atoms with Crippen molar-refractivity contribution < 1.29 is 9.47 Å². The molecule has 0 fully saturated rings. The second-order valence-electron chi connectivity index (χ2n) is 6.14. The summed E-state index contributed by atoms with van der Waals surface area (Å²) in [4.78, 5) is 4.30. The minimum Gasteiger partial charge on any atom is -0.496 e. The predicted octanol–water partition coefficient (Wildman–Crippen LogP) is 4.62. The standard InChI is InChI=1S/C22H24N2O2/c1-16(18-7-5-4-6-8-18)23-14-17-9-11-21(25-2)20(13-17)19-10-12-22(26-3)24-15-19/h4-13,15-16,23H,14H2,1-3H3. The molecule has 4 heteroatoms. The number of pyridine rings is 1. The number of ether oxygens (including phenoxy) is 2. The summed E-state index contributed by atoms with van der Waals surface area (Å²) in [7, 11) is 3.30. The minimum absolute atomic E-state index is 0.282. The van der Waals surface area contributed by atoms with Crippen LogP contribution in [-0.4, -0.2) is 19.2 Å². The summed E-state index contributed by atoms with van der Waals surface area (Å²) in [6.45, 7) is 2.95. The Morgan fingerprint density at radius 3 is 2.42 bits per heavy atom. The third-order valence-corrected chi connectivity index (χ3v) is 4.43. The Hall–Kier alpha value is -2.85. The highest BCUT2D eigenvalue weighted by atomic mass is 16.5. The molecule has 0 bridgehead atoms. The Labute approximate surface area is 154 Å². The van der Waals surface area contributed by atoms with Gasteiger partial charge < -0.3 is 14.8 Å². The molecule has 3 rings (SSSR count). The maximum atomic E-state index is 5.53. The van der Waals surface area contributed by atoms with Crippen molar-refractivity contribution in [1.29, 1.82) is 0 Å².